The predicted molar refractivity (Wildman–Crippen MR) is 103 cm³/mol. The van der Waals surface area contributed by atoms with E-state index in [0.29, 0.717) is 16.8 Å². The van der Waals surface area contributed by atoms with Crippen molar-refractivity contribution in [3.8, 4) is 6.07 Å². The van der Waals surface area contributed by atoms with Crippen LogP contribution in [0.4, 0.5) is 10.5 Å². The largest absolute Gasteiger partial charge is 0.444 e. The van der Waals surface area contributed by atoms with Gasteiger partial charge in [-0.1, -0.05) is 18.2 Å². The van der Waals surface area contributed by atoms with E-state index >= 15 is 0 Å². The van der Waals surface area contributed by atoms with Gasteiger partial charge in [-0.15, -0.1) is 0 Å². The minimum atomic E-state index is -0.602. The quantitative estimate of drug-likeness (QED) is 0.840. The SMILES string of the molecule is CC(NC(=O)c1cccc(NC(=O)OC(C)(C)C)c1)c1ccc(C#N)cc1. The monoisotopic (exact) mass is 365 g/mol. The van der Waals surface area contributed by atoms with Crippen LogP contribution in [0.15, 0.2) is 48.5 Å². The van der Waals surface area contributed by atoms with Crippen molar-refractivity contribution in [3.63, 3.8) is 0 Å². The van der Waals surface area contributed by atoms with E-state index in [4.69, 9.17) is 10.00 Å². The van der Waals surface area contributed by atoms with Crippen LogP contribution < -0.4 is 10.6 Å². The van der Waals surface area contributed by atoms with Gasteiger partial charge in [0, 0.05) is 11.3 Å². The minimum absolute atomic E-state index is 0.229. The number of amides is 2. The maximum Gasteiger partial charge on any atom is 0.412 e. The number of nitrogens with zero attached hydrogens (tertiary/aromatic N) is 1. The molecule has 0 radical (unpaired) electrons. The Balaban J connectivity index is 2.03. The van der Waals surface area contributed by atoms with Gasteiger partial charge in [-0.25, -0.2) is 4.79 Å². The number of nitriles is 1. The van der Waals surface area contributed by atoms with Gasteiger partial charge in [0.15, 0.2) is 0 Å². The molecule has 1 atom stereocenters. The van der Waals surface area contributed by atoms with E-state index in [9.17, 15) is 9.59 Å². The fourth-order valence-electron chi connectivity index (χ4n) is 2.37. The first-order valence-corrected chi connectivity index (χ1v) is 8.59. The van der Waals surface area contributed by atoms with Crippen LogP contribution in [0.25, 0.3) is 0 Å². The Morgan fingerprint density at radius 1 is 1.11 bits per heavy atom. The molecule has 6 heteroatoms. The van der Waals surface area contributed by atoms with Crippen LogP contribution in [-0.2, 0) is 4.74 Å². The molecular formula is C21H23N3O3. The molecule has 0 saturated heterocycles. The lowest BCUT2D eigenvalue weighted by Crippen LogP contribution is -2.28. The van der Waals surface area contributed by atoms with Crippen molar-refractivity contribution in [2.75, 3.05) is 5.32 Å². The molecule has 1 unspecified atom stereocenters. The highest BCUT2D eigenvalue weighted by atomic mass is 16.6. The summed E-state index contributed by atoms with van der Waals surface area (Å²) in [5.74, 6) is -0.264. The van der Waals surface area contributed by atoms with Crippen molar-refractivity contribution in [1.29, 1.82) is 5.26 Å². The predicted octanol–water partition coefficient (Wildman–Crippen LogP) is 4.40. The molecule has 0 aliphatic carbocycles. The maximum atomic E-state index is 12.5. The van der Waals surface area contributed by atoms with Gasteiger partial charge in [-0.2, -0.15) is 5.26 Å². The summed E-state index contributed by atoms with van der Waals surface area (Å²) in [5.41, 5.74) is 1.76. The molecule has 0 heterocycles. The van der Waals surface area contributed by atoms with Gasteiger partial charge in [0.2, 0.25) is 0 Å². The molecule has 27 heavy (non-hydrogen) atoms. The van der Waals surface area contributed by atoms with Crippen LogP contribution in [0.1, 0.15) is 55.2 Å². The lowest BCUT2D eigenvalue weighted by molar-refractivity contribution is 0.0635. The smallest absolute Gasteiger partial charge is 0.412 e. The zero-order valence-corrected chi connectivity index (χ0v) is 15.9. The highest BCUT2D eigenvalue weighted by Crippen LogP contribution is 2.17. The number of ether oxygens (including phenoxy) is 1. The summed E-state index contributed by atoms with van der Waals surface area (Å²) < 4.78 is 5.21. The second-order valence-corrected chi connectivity index (χ2v) is 7.14. The summed E-state index contributed by atoms with van der Waals surface area (Å²) in [4.78, 5) is 24.4. The average Bonchev–Trinajstić information content (AvgIpc) is 2.60. The van der Waals surface area contributed by atoms with Crippen molar-refractivity contribution in [3.05, 3.63) is 65.2 Å². The zero-order chi connectivity index (χ0) is 20.0. The molecular weight excluding hydrogens is 342 g/mol. The van der Waals surface area contributed by atoms with Gasteiger partial charge < -0.3 is 10.1 Å². The van der Waals surface area contributed by atoms with Crippen LogP contribution >= 0.6 is 0 Å². The standard InChI is InChI=1S/C21H23N3O3/c1-14(16-10-8-15(13-22)9-11-16)23-19(25)17-6-5-7-18(12-17)24-20(26)27-21(2,3)4/h5-12,14H,1-4H3,(H,23,25)(H,24,26). The third kappa shape index (κ3) is 6.15. The number of carbonyl (C=O) groups is 2. The molecule has 2 amide bonds. The number of carbonyl (C=O) groups excluding carboxylic acids is 2. The van der Waals surface area contributed by atoms with E-state index in [1.807, 2.05) is 19.1 Å². The molecule has 2 aromatic carbocycles. The third-order valence-corrected chi connectivity index (χ3v) is 3.66. The highest BCUT2D eigenvalue weighted by molar-refractivity contribution is 5.96. The summed E-state index contributed by atoms with van der Waals surface area (Å²) in [6.45, 7) is 7.20. The summed E-state index contributed by atoms with van der Waals surface area (Å²) in [6, 6.07) is 15.5. The fourth-order valence-corrected chi connectivity index (χ4v) is 2.37. The summed E-state index contributed by atoms with van der Waals surface area (Å²) in [5, 5.41) is 14.4. The minimum Gasteiger partial charge on any atom is -0.444 e. The van der Waals surface area contributed by atoms with Crippen LogP contribution in [0, 0.1) is 11.3 Å². The van der Waals surface area contributed by atoms with E-state index < -0.39 is 11.7 Å². The fraction of sp³-hybridized carbons (Fsp3) is 0.286. The van der Waals surface area contributed by atoms with Crippen molar-refractivity contribution in [2.45, 2.75) is 39.3 Å². The molecule has 0 aromatic heterocycles. The first-order valence-electron chi connectivity index (χ1n) is 8.59. The number of rotatable bonds is 4. The van der Waals surface area contributed by atoms with Gasteiger partial charge in [0.05, 0.1) is 17.7 Å². The topological polar surface area (TPSA) is 91.2 Å². The second-order valence-electron chi connectivity index (χ2n) is 7.14. The first kappa shape index (κ1) is 20.0. The summed E-state index contributed by atoms with van der Waals surface area (Å²) in [7, 11) is 0. The van der Waals surface area contributed by atoms with Crippen LogP contribution in [-0.4, -0.2) is 17.6 Å². The molecule has 0 bridgehead atoms. The van der Waals surface area contributed by atoms with Crippen molar-refractivity contribution in [1.82, 2.24) is 5.32 Å². The molecule has 6 nitrogen and oxygen atoms in total. The third-order valence-electron chi connectivity index (χ3n) is 3.66. The second kappa shape index (κ2) is 8.37. The Morgan fingerprint density at radius 3 is 2.37 bits per heavy atom. The molecule has 0 spiro atoms. The Hall–Kier alpha value is -3.33. The number of anilines is 1. The van der Waals surface area contributed by atoms with Crippen molar-refractivity contribution in [2.24, 2.45) is 0 Å². The summed E-state index contributed by atoms with van der Waals surface area (Å²) in [6.07, 6.45) is -0.578. The number of nitrogens with one attached hydrogen (secondary N) is 2. The Labute approximate surface area is 159 Å². The molecule has 0 saturated carbocycles. The molecule has 0 fully saturated rings. The maximum absolute atomic E-state index is 12.5. The molecule has 2 rings (SSSR count). The van der Waals surface area contributed by atoms with E-state index in [1.165, 1.54) is 0 Å². The van der Waals surface area contributed by atoms with Crippen LogP contribution in [0.2, 0.25) is 0 Å². The molecule has 0 aliphatic heterocycles. The lowest BCUT2D eigenvalue weighted by atomic mass is 10.1. The van der Waals surface area contributed by atoms with Gasteiger partial charge >= 0.3 is 6.09 Å². The Bertz CT molecular complexity index is 861. The number of hydrogen-bond donors (Lipinski definition) is 2. The average molecular weight is 365 g/mol. The van der Waals surface area contributed by atoms with Crippen molar-refractivity contribution >= 4 is 17.7 Å². The molecule has 2 aromatic rings. The van der Waals surface area contributed by atoms with Crippen LogP contribution in [0.5, 0.6) is 0 Å². The Morgan fingerprint density at radius 2 is 1.78 bits per heavy atom. The van der Waals surface area contributed by atoms with E-state index in [2.05, 4.69) is 16.7 Å². The van der Waals surface area contributed by atoms with E-state index in [1.54, 1.807) is 57.2 Å². The zero-order valence-electron chi connectivity index (χ0n) is 15.9. The number of benzene rings is 2. The highest BCUT2D eigenvalue weighted by Gasteiger charge is 2.17. The van der Waals surface area contributed by atoms with Gasteiger partial charge in [0.25, 0.3) is 5.91 Å². The van der Waals surface area contributed by atoms with Gasteiger partial charge in [-0.05, 0) is 63.6 Å². The van der Waals surface area contributed by atoms with E-state index in [-0.39, 0.29) is 11.9 Å². The van der Waals surface area contributed by atoms with E-state index in [0.717, 1.165) is 5.56 Å². The molecule has 2 N–H and O–H groups in total. The Kier molecular flexibility index (Phi) is 6.19. The first-order chi connectivity index (χ1) is 12.7. The van der Waals surface area contributed by atoms with Crippen LogP contribution in [0.3, 0.4) is 0 Å². The number of hydrogen-bond acceptors (Lipinski definition) is 4. The lowest BCUT2D eigenvalue weighted by Gasteiger charge is -2.20. The van der Waals surface area contributed by atoms with Gasteiger partial charge in [0.1, 0.15) is 5.60 Å². The van der Waals surface area contributed by atoms with Crippen molar-refractivity contribution < 1.29 is 14.3 Å². The summed E-state index contributed by atoms with van der Waals surface area (Å²) >= 11 is 0. The molecule has 140 valence electrons. The van der Waals surface area contributed by atoms with Gasteiger partial charge in [-0.3, -0.25) is 10.1 Å². The molecule has 0 aliphatic rings. The normalized spacial score (nSPS) is 11.8.